The molecule has 0 heterocycles. The molecule has 0 aliphatic rings. The van der Waals surface area contributed by atoms with Gasteiger partial charge in [-0.15, -0.1) is 0 Å². The number of amides is 1. The lowest BCUT2D eigenvalue weighted by molar-refractivity contribution is -0.384. The lowest BCUT2D eigenvalue weighted by Gasteiger charge is -2.06. The second-order valence-electron chi connectivity index (χ2n) is 5.04. The van der Waals surface area contributed by atoms with Crippen molar-refractivity contribution in [2.45, 2.75) is 19.8 Å². The molecule has 1 amide bonds. The Labute approximate surface area is 144 Å². The number of nitrogens with zero attached hydrogens (tertiary/aromatic N) is 2. The number of nitro groups is 1. The van der Waals surface area contributed by atoms with Crippen LogP contribution in [-0.4, -0.2) is 16.5 Å². The maximum Gasteiger partial charge on any atom is 0.288 e. The minimum absolute atomic E-state index is 0.0176. The molecule has 0 radical (unpaired) electrons. The van der Waals surface area contributed by atoms with E-state index in [1.54, 1.807) is 0 Å². The van der Waals surface area contributed by atoms with E-state index in [1.165, 1.54) is 12.1 Å². The standard InChI is InChI=1S/C17H16ClN3O3/c1-2-6-15(12-7-4-3-5-8-12)19-20-17(22)13-9-10-14(18)16(11-13)21(23)24/h3-5,7-11H,2,6H2,1H3,(H,20,22)/b19-15+. The first-order chi connectivity index (χ1) is 11.5. The number of hydrogen-bond donors (Lipinski definition) is 1. The van der Waals surface area contributed by atoms with E-state index in [0.717, 1.165) is 23.8 Å². The van der Waals surface area contributed by atoms with Gasteiger partial charge >= 0.3 is 0 Å². The summed E-state index contributed by atoms with van der Waals surface area (Å²) in [6.07, 6.45) is 1.57. The topological polar surface area (TPSA) is 84.6 Å². The van der Waals surface area contributed by atoms with E-state index in [2.05, 4.69) is 10.5 Å². The van der Waals surface area contributed by atoms with Crippen LogP contribution in [0.4, 0.5) is 5.69 Å². The molecule has 0 bridgehead atoms. The first kappa shape index (κ1) is 17.6. The molecule has 0 aromatic heterocycles. The van der Waals surface area contributed by atoms with E-state index in [0.29, 0.717) is 6.42 Å². The minimum atomic E-state index is -0.630. The van der Waals surface area contributed by atoms with Crippen LogP contribution in [0, 0.1) is 10.1 Å². The largest absolute Gasteiger partial charge is 0.288 e. The monoisotopic (exact) mass is 345 g/mol. The number of hydrogen-bond acceptors (Lipinski definition) is 4. The Morgan fingerprint density at radius 1 is 1.21 bits per heavy atom. The third-order valence-corrected chi connectivity index (χ3v) is 3.61. The molecule has 0 aliphatic carbocycles. The predicted octanol–water partition coefficient (Wildman–Crippen LogP) is 4.18. The zero-order valence-electron chi connectivity index (χ0n) is 13.0. The van der Waals surface area contributed by atoms with Crippen LogP contribution < -0.4 is 5.43 Å². The molecule has 124 valence electrons. The van der Waals surface area contributed by atoms with Crippen molar-refractivity contribution < 1.29 is 9.72 Å². The normalized spacial score (nSPS) is 11.2. The van der Waals surface area contributed by atoms with Crippen LogP contribution in [0.3, 0.4) is 0 Å². The number of nitro benzene ring substituents is 1. The van der Waals surface area contributed by atoms with E-state index in [9.17, 15) is 14.9 Å². The van der Waals surface area contributed by atoms with Gasteiger partial charge in [-0.3, -0.25) is 14.9 Å². The number of hydrazone groups is 1. The number of nitrogens with one attached hydrogen (secondary N) is 1. The molecule has 0 fully saturated rings. The molecule has 24 heavy (non-hydrogen) atoms. The number of carbonyl (C=O) groups excluding carboxylic acids is 1. The molecule has 0 atom stereocenters. The van der Waals surface area contributed by atoms with Gasteiger partial charge in [-0.1, -0.05) is 55.3 Å². The minimum Gasteiger partial charge on any atom is -0.267 e. The molecule has 7 heteroatoms. The van der Waals surface area contributed by atoms with Crippen LogP contribution in [0.2, 0.25) is 5.02 Å². The van der Waals surface area contributed by atoms with Crippen LogP contribution in [0.25, 0.3) is 0 Å². The van der Waals surface area contributed by atoms with Crippen molar-refractivity contribution in [3.05, 3.63) is 74.8 Å². The van der Waals surface area contributed by atoms with Gasteiger partial charge in [0, 0.05) is 11.6 Å². The average molecular weight is 346 g/mol. The second kappa shape index (κ2) is 8.21. The maximum absolute atomic E-state index is 12.2. The summed E-state index contributed by atoms with van der Waals surface area (Å²) in [5.74, 6) is -0.528. The molecule has 2 rings (SSSR count). The molecule has 6 nitrogen and oxygen atoms in total. The number of carbonyl (C=O) groups is 1. The molecular weight excluding hydrogens is 330 g/mol. The van der Waals surface area contributed by atoms with Gasteiger partial charge in [0.05, 0.1) is 10.6 Å². The van der Waals surface area contributed by atoms with Crippen molar-refractivity contribution in [1.29, 1.82) is 0 Å². The first-order valence-electron chi connectivity index (χ1n) is 7.39. The van der Waals surface area contributed by atoms with Crippen molar-refractivity contribution in [3.8, 4) is 0 Å². The quantitative estimate of drug-likeness (QED) is 0.484. The summed E-state index contributed by atoms with van der Waals surface area (Å²) in [4.78, 5) is 22.5. The third kappa shape index (κ3) is 4.39. The van der Waals surface area contributed by atoms with Gasteiger partial charge in [0.1, 0.15) is 5.02 Å². The third-order valence-electron chi connectivity index (χ3n) is 3.29. The molecule has 0 saturated heterocycles. The van der Waals surface area contributed by atoms with Gasteiger partial charge < -0.3 is 0 Å². The van der Waals surface area contributed by atoms with Gasteiger partial charge in [-0.25, -0.2) is 5.43 Å². The van der Waals surface area contributed by atoms with Crippen molar-refractivity contribution in [1.82, 2.24) is 5.43 Å². The predicted molar refractivity (Wildman–Crippen MR) is 93.5 cm³/mol. The van der Waals surface area contributed by atoms with Crippen LogP contribution in [0.5, 0.6) is 0 Å². The van der Waals surface area contributed by atoms with E-state index in [4.69, 9.17) is 11.6 Å². The molecule has 1 N–H and O–H groups in total. The van der Waals surface area contributed by atoms with Crippen LogP contribution >= 0.6 is 11.6 Å². The Hall–Kier alpha value is -2.73. The Bertz CT molecular complexity index is 776. The summed E-state index contributed by atoms with van der Waals surface area (Å²) < 4.78 is 0. The average Bonchev–Trinajstić information content (AvgIpc) is 2.59. The summed E-state index contributed by atoms with van der Waals surface area (Å²) >= 11 is 5.74. The summed E-state index contributed by atoms with van der Waals surface area (Å²) in [5.41, 5.74) is 3.92. The highest BCUT2D eigenvalue weighted by atomic mass is 35.5. The Kier molecular flexibility index (Phi) is 6.03. The van der Waals surface area contributed by atoms with Crippen molar-refractivity contribution in [2.75, 3.05) is 0 Å². The lowest BCUT2D eigenvalue weighted by Crippen LogP contribution is -2.20. The molecule has 0 aliphatic heterocycles. The molecule has 0 saturated carbocycles. The van der Waals surface area contributed by atoms with E-state index in [1.807, 2.05) is 37.3 Å². The molecule has 2 aromatic carbocycles. The van der Waals surface area contributed by atoms with E-state index >= 15 is 0 Å². The molecular formula is C17H16ClN3O3. The lowest BCUT2D eigenvalue weighted by atomic mass is 10.1. The van der Waals surface area contributed by atoms with Gasteiger partial charge in [-0.05, 0) is 24.1 Å². The van der Waals surface area contributed by atoms with Crippen LogP contribution in [0.1, 0.15) is 35.7 Å². The summed E-state index contributed by atoms with van der Waals surface area (Å²) in [6, 6.07) is 13.4. The van der Waals surface area contributed by atoms with Gasteiger partial charge in [0.25, 0.3) is 11.6 Å². The zero-order chi connectivity index (χ0) is 17.5. The Balaban J connectivity index is 2.21. The van der Waals surface area contributed by atoms with Gasteiger partial charge in [-0.2, -0.15) is 5.10 Å². The van der Waals surface area contributed by atoms with Crippen LogP contribution in [-0.2, 0) is 0 Å². The molecule has 2 aromatic rings. The van der Waals surface area contributed by atoms with E-state index in [-0.39, 0.29) is 16.3 Å². The van der Waals surface area contributed by atoms with Crippen molar-refractivity contribution in [3.63, 3.8) is 0 Å². The number of benzene rings is 2. The highest BCUT2D eigenvalue weighted by Gasteiger charge is 2.16. The first-order valence-corrected chi connectivity index (χ1v) is 7.77. The fourth-order valence-electron chi connectivity index (χ4n) is 2.11. The van der Waals surface area contributed by atoms with Gasteiger partial charge in [0.2, 0.25) is 0 Å². The van der Waals surface area contributed by atoms with Crippen LogP contribution in [0.15, 0.2) is 53.6 Å². The highest BCUT2D eigenvalue weighted by Crippen LogP contribution is 2.25. The molecule has 0 spiro atoms. The Morgan fingerprint density at radius 3 is 2.54 bits per heavy atom. The maximum atomic E-state index is 12.2. The summed E-state index contributed by atoms with van der Waals surface area (Å²) in [6.45, 7) is 2.02. The smallest absolute Gasteiger partial charge is 0.267 e. The Morgan fingerprint density at radius 2 is 1.92 bits per heavy atom. The zero-order valence-corrected chi connectivity index (χ0v) is 13.8. The highest BCUT2D eigenvalue weighted by molar-refractivity contribution is 6.32. The van der Waals surface area contributed by atoms with E-state index < -0.39 is 10.8 Å². The fraction of sp³-hybridized carbons (Fsp3) is 0.176. The second-order valence-corrected chi connectivity index (χ2v) is 5.45. The van der Waals surface area contributed by atoms with Crippen molar-refractivity contribution in [2.24, 2.45) is 5.10 Å². The molecule has 0 unspecified atom stereocenters. The number of rotatable bonds is 6. The number of halogens is 1. The summed E-state index contributed by atoms with van der Waals surface area (Å²) in [7, 11) is 0. The fourth-order valence-corrected chi connectivity index (χ4v) is 2.30. The van der Waals surface area contributed by atoms with Gasteiger partial charge in [0.15, 0.2) is 0 Å². The summed E-state index contributed by atoms with van der Waals surface area (Å²) in [5, 5.41) is 15.0. The SMILES string of the molecule is CCC/C(=N\NC(=O)c1ccc(Cl)c([N+](=O)[O-])c1)c1ccccc1. The van der Waals surface area contributed by atoms with Crippen molar-refractivity contribution >= 4 is 28.9 Å².